The number of nitrogens with two attached hydrogens (primary N) is 4. The number of hydrogen-bond donors (Lipinski definition) is 4. The predicted molar refractivity (Wildman–Crippen MR) is 45.1 cm³/mol. The molecule has 0 aliphatic heterocycles. The molecule has 11 heavy (non-hydrogen) atoms. The van der Waals surface area contributed by atoms with Gasteiger partial charge in [0.1, 0.15) is 0 Å². The van der Waals surface area contributed by atoms with Crippen LogP contribution in [0.1, 0.15) is 6.92 Å². The van der Waals surface area contributed by atoms with Crippen molar-refractivity contribution in [3.8, 4) is 0 Å². The van der Waals surface area contributed by atoms with Gasteiger partial charge in [-0.05, 0) is 13.0 Å². The van der Waals surface area contributed by atoms with Crippen molar-refractivity contribution >= 4 is 0 Å². The van der Waals surface area contributed by atoms with Crippen LogP contribution >= 0.6 is 0 Å². The van der Waals surface area contributed by atoms with E-state index in [1.165, 1.54) is 0 Å². The minimum absolute atomic E-state index is 0.382. The molecule has 62 valence electrons. The van der Waals surface area contributed by atoms with Crippen molar-refractivity contribution in [1.82, 2.24) is 0 Å². The molecular weight excluding hydrogens is 140 g/mol. The highest BCUT2D eigenvalue weighted by atomic mass is 14.9. The van der Waals surface area contributed by atoms with Crippen molar-refractivity contribution in [3.63, 3.8) is 0 Å². The van der Waals surface area contributed by atoms with E-state index in [-0.39, 0.29) is 6.04 Å². The summed E-state index contributed by atoms with van der Waals surface area (Å²) in [6, 6.07) is -0.382. The Bertz CT molecular complexity index is 227. The molecule has 0 saturated heterocycles. The van der Waals surface area contributed by atoms with E-state index in [2.05, 4.69) is 0 Å². The number of hydrogen-bond acceptors (Lipinski definition) is 4. The fourth-order valence-electron chi connectivity index (χ4n) is 0.984. The van der Waals surface area contributed by atoms with Crippen LogP contribution < -0.4 is 22.9 Å². The largest absolute Gasteiger partial charge is 0.399 e. The van der Waals surface area contributed by atoms with Crippen LogP contribution in [0.2, 0.25) is 0 Å². The number of allylic oxidation sites excluding steroid dienone is 1. The van der Waals surface area contributed by atoms with Crippen LogP contribution in [0.4, 0.5) is 0 Å². The highest BCUT2D eigenvalue weighted by molar-refractivity contribution is 5.36. The van der Waals surface area contributed by atoms with Gasteiger partial charge in [0.25, 0.3) is 0 Å². The van der Waals surface area contributed by atoms with Crippen LogP contribution in [0.3, 0.4) is 0 Å². The first-order valence-electron chi connectivity index (χ1n) is 3.44. The van der Waals surface area contributed by atoms with E-state index in [4.69, 9.17) is 22.9 Å². The Labute approximate surface area is 65.9 Å². The Morgan fingerprint density at radius 3 is 2.45 bits per heavy atom. The van der Waals surface area contributed by atoms with Gasteiger partial charge in [0.05, 0.1) is 23.0 Å². The third-order valence-electron chi connectivity index (χ3n) is 1.96. The second-order valence-electron chi connectivity index (χ2n) is 3.09. The van der Waals surface area contributed by atoms with Gasteiger partial charge in [-0.3, -0.25) is 0 Å². The van der Waals surface area contributed by atoms with Gasteiger partial charge in [-0.2, -0.15) is 0 Å². The summed E-state index contributed by atoms with van der Waals surface area (Å²) in [5.41, 5.74) is 23.0. The summed E-state index contributed by atoms with van der Waals surface area (Å²) < 4.78 is 0. The first kappa shape index (κ1) is 8.10. The molecule has 0 aromatic heterocycles. The molecule has 0 radical (unpaired) electrons. The summed E-state index contributed by atoms with van der Waals surface area (Å²) in [6.45, 7) is 1.81. The summed E-state index contributed by atoms with van der Waals surface area (Å²) in [5, 5.41) is 0. The standard InChI is InChI=1S/C7H14N4/c1-7(11)3-2-4(8)5(9)6(7)10/h2-3,6H,8-11H2,1H3. The van der Waals surface area contributed by atoms with Crippen molar-refractivity contribution in [3.05, 3.63) is 23.5 Å². The molecule has 0 spiro atoms. The SMILES string of the molecule is CC1(N)C=CC(N)=C(N)C1N. The second kappa shape index (κ2) is 2.25. The zero-order valence-electron chi connectivity index (χ0n) is 6.54. The van der Waals surface area contributed by atoms with Gasteiger partial charge in [-0.1, -0.05) is 6.08 Å². The number of rotatable bonds is 0. The van der Waals surface area contributed by atoms with E-state index in [0.717, 1.165) is 0 Å². The van der Waals surface area contributed by atoms with Gasteiger partial charge in [0.2, 0.25) is 0 Å². The maximum atomic E-state index is 5.79. The normalized spacial score (nSPS) is 37.9. The fraction of sp³-hybridized carbons (Fsp3) is 0.429. The molecule has 0 saturated carbocycles. The fourth-order valence-corrected chi connectivity index (χ4v) is 0.984. The predicted octanol–water partition coefficient (Wildman–Crippen LogP) is -1.27. The lowest BCUT2D eigenvalue weighted by Gasteiger charge is -2.32. The monoisotopic (exact) mass is 154 g/mol. The van der Waals surface area contributed by atoms with E-state index < -0.39 is 5.54 Å². The highest BCUT2D eigenvalue weighted by Crippen LogP contribution is 2.17. The lowest BCUT2D eigenvalue weighted by molar-refractivity contribution is 0.488. The lowest BCUT2D eigenvalue weighted by atomic mass is 9.87. The van der Waals surface area contributed by atoms with Crippen LogP contribution in [-0.4, -0.2) is 11.6 Å². The summed E-state index contributed by atoms with van der Waals surface area (Å²) in [7, 11) is 0. The van der Waals surface area contributed by atoms with Gasteiger partial charge in [-0.25, -0.2) is 0 Å². The van der Waals surface area contributed by atoms with Crippen molar-refractivity contribution in [1.29, 1.82) is 0 Å². The van der Waals surface area contributed by atoms with Gasteiger partial charge in [0.15, 0.2) is 0 Å². The zero-order chi connectivity index (χ0) is 8.65. The molecule has 1 aliphatic carbocycles. The minimum atomic E-state index is -0.576. The van der Waals surface area contributed by atoms with Crippen LogP contribution in [0.25, 0.3) is 0 Å². The van der Waals surface area contributed by atoms with Crippen molar-refractivity contribution in [2.24, 2.45) is 22.9 Å². The van der Waals surface area contributed by atoms with Crippen molar-refractivity contribution < 1.29 is 0 Å². The van der Waals surface area contributed by atoms with Crippen LogP contribution in [-0.2, 0) is 0 Å². The third-order valence-corrected chi connectivity index (χ3v) is 1.96. The quantitative estimate of drug-likeness (QED) is 0.349. The molecule has 4 nitrogen and oxygen atoms in total. The molecule has 0 fully saturated rings. The maximum absolute atomic E-state index is 5.79. The summed E-state index contributed by atoms with van der Waals surface area (Å²) in [6.07, 6.45) is 3.46. The Morgan fingerprint density at radius 1 is 1.45 bits per heavy atom. The van der Waals surface area contributed by atoms with E-state index >= 15 is 0 Å². The molecule has 0 amide bonds. The second-order valence-corrected chi connectivity index (χ2v) is 3.09. The smallest absolute Gasteiger partial charge is 0.0680 e. The van der Waals surface area contributed by atoms with Gasteiger partial charge in [-0.15, -0.1) is 0 Å². The lowest BCUT2D eigenvalue weighted by Crippen LogP contribution is -2.56. The molecule has 0 bridgehead atoms. The van der Waals surface area contributed by atoms with Crippen molar-refractivity contribution in [2.75, 3.05) is 0 Å². The third kappa shape index (κ3) is 1.22. The van der Waals surface area contributed by atoms with Crippen LogP contribution in [0.15, 0.2) is 23.5 Å². The van der Waals surface area contributed by atoms with Crippen LogP contribution in [0.5, 0.6) is 0 Å². The highest BCUT2D eigenvalue weighted by Gasteiger charge is 2.29. The van der Waals surface area contributed by atoms with Gasteiger partial charge in [0, 0.05) is 0 Å². The van der Waals surface area contributed by atoms with Crippen LogP contribution in [0, 0.1) is 0 Å². The first-order valence-corrected chi connectivity index (χ1v) is 3.44. The van der Waals surface area contributed by atoms with E-state index in [9.17, 15) is 0 Å². The molecule has 2 unspecified atom stereocenters. The molecule has 0 aromatic carbocycles. The molecule has 0 aromatic rings. The van der Waals surface area contributed by atoms with Crippen molar-refractivity contribution in [2.45, 2.75) is 18.5 Å². The first-order chi connectivity index (χ1) is 4.95. The Hall–Kier alpha value is -1.00. The molecule has 0 heterocycles. The van der Waals surface area contributed by atoms with E-state index in [0.29, 0.717) is 11.4 Å². The maximum Gasteiger partial charge on any atom is 0.0680 e. The average molecular weight is 154 g/mol. The molecule has 2 atom stereocenters. The van der Waals surface area contributed by atoms with Gasteiger partial charge < -0.3 is 22.9 Å². The molecule has 4 heteroatoms. The summed E-state index contributed by atoms with van der Waals surface area (Å²) >= 11 is 0. The molecule has 8 N–H and O–H groups in total. The molecular formula is C7H14N4. The van der Waals surface area contributed by atoms with Gasteiger partial charge >= 0.3 is 0 Å². The zero-order valence-corrected chi connectivity index (χ0v) is 6.54. The Balaban J connectivity index is 3.01. The minimum Gasteiger partial charge on any atom is -0.399 e. The average Bonchev–Trinajstić information content (AvgIpc) is 1.95. The summed E-state index contributed by atoms with van der Waals surface area (Å²) in [4.78, 5) is 0. The van der Waals surface area contributed by atoms with E-state index in [1.807, 2.05) is 6.92 Å². The topological polar surface area (TPSA) is 104 Å². The van der Waals surface area contributed by atoms with E-state index in [1.54, 1.807) is 12.2 Å². The molecule has 1 rings (SSSR count). The molecule has 1 aliphatic rings. The summed E-state index contributed by atoms with van der Waals surface area (Å²) in [5.74, 6) is 0. The Kier molecular flexibility index (Phi) is 1.66. The Morgan fingerprint density at radius 2 is 2.00 bits per heavy atom.